The Morgan fingerprint density at radius 3 is 3.17 bits per heavy atom. The van der Waals surface area contributed by atoms with Crippen LogP contribution in [0.2, 0.25) is 0 Å². The molecule has 1 N–H and O–H groups in total. The topological polar surface area (TPSA) is 64.3 Å². The number of rotatable bonds is 2. The molecule has 0 amide bonds. The number of allylic oxidation sites excluding steroid dienone is 1. The zero-order valence-electron chi connectivity index (χ0n) is 10.6. The van der Waals surface area contributed by atoms with E-state index in [0.29, 0.717) is 0 Å². The van der Waals surface area contributed by atoms with Crippen LogP contribution in [0.5, 0.6) is 0 Å². The molecule has 0 bridgehead atoms. The third-order valence-electron chi connectivity index (χ3n) is 3.35. The lowest BCUT2D eigenvalue weighted by molar-refractivity contribution is 0.112. The van der Waals surface area contributed by atoms with E-state index in [9.17, 15) is 0 Å². The first-order chi connectivity index (χ1) is 8.79. The average Bonchev–Trinajstić information content (AvgIpc) is 2.84. The lowest BCUT2D eigenvalue weighted by atomic mass is 10.2. The van der Waals surface area contributed by atoms with Crippen molar-refractivity contribution in [2.24, 2.45) is 4.99 Å². The molecule has 0 radical (unpaired) electrons. The Morgan fingerprint density at radius 2 is 2.33 bits per heavy atom. The quantitative estimate of drug-likeness (QED) is 0.834. The van der Waals surface area contributed by atoms with Gasteiger partial charge in [-0.25, -0.2) is 0 Å². The second-order valence-corrected chi connectivity index (χ2v) is 4.55. The van der Waals surface area contributed by atoms with Gasteiger partial charge in [0, 0.05) is 26.6 Å². The number of methoxy groups -OCH3 is 1. The van der Waals surface area contributed by atoms with Gasteiger partial charge >= 0.3 is 0 Å². The van der Waals surface area contributed by atoms with E-state index in [1.165, 1.54) is 0 Å². The van der Waals surface area contributed by atoms with Crippen molar-refractivity contribution in [3.05, 3.63) is 23.8 Å². The highest BCUT2D eigenvalue weighted by Crippen LogP contribution is 2.18. The standard InChI is InChI=1S/C12H17N5O/c1-8-11-15-16-12(17(11)7-6-13-8)9-4-3-5-10(14-9)18-2/h3-4,8,10,13H,5-7H2,1-2H3/t8-,10?/m1/s1. The van der Waals surface area contributed by atoms with E-state index in [-0.39, 0.29) is 12.3 Å². The molecule has 6 heteroatoms. The third-order valence-corrected chi connectivity index (χ3v) is 3.35. The van der Waals surface area contributed by atoms with Gasteiger partial charge in [0.25, 0.3) is 0 Å². The summed E-state index contributed by atoms with van der Waals surface area (Å²) in [5, 5.41) is 11.9. The van der Waals surface area contributed by atoms with Crippen LogP contribution in [0.25, 0.3) is 0 Å². The Labute approximate surface area is 106 Å². The Morgan fingerprint density at radius 1 is 1.44 bits per heavy atom. The van der Waals surface area contributed by atoms with Crippen molar-refractivity contribution < 1.29 is 4.74 Å². The van der Waals surface area contributed by atoms with Crippen LogP contribution in [-0.4, -0.2) is 40.4 Å². The highest BCUT2D eigenvalue weighted by molar-refractivity contribution is 6.06. The average molecular weight is 247 g/mol. The molecule has 0 fully saturated rings. The molecule has 2 atom stereocenters. The first-order valence-electron chi connectivity index (χ1n) is 6.23. The maximum absolute atomic E-state index is 5.28. The molecule has 0 aromatic carbocycles. The van der Waals surface area contributed by atoms with Crippen LogP contribution >= 0.6 is 0 Å². The number of dihydropyridines is 1. The fourth-order valence-electron chi connectivity index (χ4n) is 2.36. The number of nitrogens with zero attached hydrogens (tertiary/aromatic N) is 4. The van der Waals surface area contributed by atoms with Gasteiger partial charge in [0.05, 0.1) is 6.04 Å². The van der Waals surface area contributed by atoms with Crippen molar-refractivity contribution in [2.45, 2.75) is 32.2 Å². The molecule has 0 saturated carbocycles. The molecule has 1 unspecified atom stereocenters. The molecule has 1 aromatic rings. The van der Waals surface area contributed by atoms with Gasteiger partial charge in [-0.1, -0.05) is 6.08 Å². The molecule has 6 nitrogen and oxygen atoms in total. The van der Waals surface area contributed by atoms with Crippen molar-refractivity contribution in [1.29, 1.82) is 0 Å². The number of ether oxygens (including phenoxy) is 1. The summed E-state index contributed by atoms with van der Waals surface area (Å²) in [5.74, 6) is 1.82. The molecule has 96 valence electrons. The van der Waals surface area contributed by atoms with Crippen molar-refractivity contribution in [3.63, 3.8) is 0 Å². The fraction of sp³-hybridized carbons (Fsp3) is 0.583. The Balaban J connectivity index is 1.98. The molecule has 18 heavy (non-hydrogen) atoms. The Kier molecular flexibility index (Phi) is 2.97. The van der Waals surface area contributed by atoms with E-state index >= 15 is 0 Å². The van der Waals surface area contributed by atoms with Crippen LogP contribution in [0.3, 0.4) is 0 Å². The zero-order valence-corrected chi connectivity index (χ0v) is 10.6. The van der Waals surface area contributed by atoms with E-state index in [4.69, 9.17) is 4.74 Å². The summed E-state index contributed by atoms with van der Waals surface area (Å²) < 4.78 is 7.42. The molecule has 3 heterocycles. The van der Waals surface area contributed by atoms with E-state index in [2.05, 4.69) is 38.1 Å². The number of hydrogen-bond donors (Lipinski definition) is 1. The Bertz CT molecular complexity index is 505. The summed E-state index contributed by atoms with van der Waals surface area (Å²) >= 11 is 0. The minimum Gasteiger partial charge on any atom is -0.359 e. The summed E-state index contributed by atoms with van der Waals surface area (Å²) in [6, 6.07) is 0.242. The molecule has 0 aliphatic carbocycles. The predicted octanol–water partition coefficient (Wildman–Crippen LogP) is 0.664. The fourth-order valence-corrected chi connectivity index (χ4v) is 2.36. The second kappa shape index (κ2) is 4.62. The first kappa shape index (κ1) is 11.6. The number of hydrogen-bond acceptors (Lipinski definition) is 5. The summed E-state index contributed by atoms with van der Waals surface area (Å²) in [7, 11) is 1.68. The molecule has 3 rings (SSSR count). The summed E-state index contributed by atoms with van der Waals surface area (Å²) in [6.07, 6.45) is 4.79. The van der Waals surface area contributed by atoms with Crippen LogP contribution in [0.4, 0.5) is 0 Å². The van der Waals surface area contributed by atoms with Crippen LogP contribution in [0, 0.1) is 0 Å². The summed E-state index contributed by atoms with van der Waals surface area (Å²) in [6.45, 7) is 3.91. The van der Waals surface area contributed by atoms with Gasteiger partial charge in [0.1, 0.15) is 11.5 Å². The van der Waals surface area contributed by atoms with Crippen molar-refractivity contribution in [1.82, 2.24) is 20.1 Å². The second-order valence-electron chi connectivity index (χ2n) is 4.55. The molecule has 1 aromatic heterocycles. The number of aliphatic imine (C=N–C) groups is 1. The summed E-state index contributed by atoms with van der Waals surface area (Å²) in [5.41, 5.74) is 0.862. The van der Waals surface area contributed by atoms with Crippen LogP contribution in [-0.2, 0) is 11.3 Å². The van der Waals surface area contributed by atoms with Crippen LogP contribution < -0.4 is 5.32 Å². The lowest BCUT2D eigenvalue weighted by Crippen LogP contribution is -2.33. The maximum Gasteiger partial charge on any atom is 0.182 e. The van der Waals surface area contributed by atoms with Gasteiger partial charge in [0.15, 0.2) is 12.1 Å². The molecule has 2 aliphatic rings. The van der Waals surface area contributed by atoms with E-state index < -0.39 is 0 Å². The van der Waals surface area contributed by atoms with Gasteiger partial charge in [-0.05, 0) is 13.0 Å². The largest absolute Gasteiger partial charge is 0.359 e. The number of nitrogens with one attached hydrogen (secondary N) is 1. The minimum absolute atomic E-state index is 0.0999. The van der Waals surface area contributed by atoms with Crippen molar-refractivity contribution in [2.75, 3.05) is 13.7 Å². The van der Waals surface area contributed by atoms with Crippen LogP contribution in [0.1, 0.15) is 31.0 Å². The highest BCUT2D eigenvalue weighted by Gasteiger charge is 2.24. The van der Waals surface area contributed by atoms with Gasteiger partial charge in [-0.2, -0.15) is 0 Å². The first-order valence-corrected chi connectivity index (χ1v) is 6.23. The number of aromatic nitrogens is 3. The van der Waals surface area contributed by atoms with Gasteiger partial charge < -0.3 is 14.6 Å². The normalized spacial score (nSPS) is 26.9. The SMILES string of the molecule is COC1CC=CC(c2nnc3n2CCN[C@@H]3C)=N1. The molecular formula is C12H17N5O. The highest BCUT2D eigenvalue weighted by atomic mass is 16.5. The van der Waals surface area contributed by atoms with Crippen LogP contribution in [0.15, 0.2) is 17.1 Å². The van der Waals surface area contributed by atoms with Gasteiger partial charge in [-0.15, -0.1) is 10.2 Å². The molecule has 0 saturated heterocycles. The van der Waals surface area contributed by atoms with Crippen molar-refractivity contribution >= 4 is 5.71 Å². The monoisotopic (exact) mass is 247 g/mol. The smallest absolute Gasteiger partial charge is 0.182 e. The maximum atomic E-state index is 5.28. The third kappa shape index (κ3) is 1.87. The lowest BCUT2D eigenvalue weighted by Gasteiger charge is -2.22. The minimum atomic E-state index is -0.0999. The molecule has 2 aliphatic heterocycles. The van der Waals surface area contributed by atoms with Gasteiger partial charge in [0.2, 0.25) is 0 Å². The van der Waals surface area contributed by atoms with E-state index in [0.717, 1.165) is 36.9 Å². The van der Waals surface area contributed by atoms with Crippen molar-refractivity contribution in [3.8, 4) is 0 Å². The predicted molar refractivity (Wildman–Crippen MR) is 67.5 cm³/mol. The van der Waals surface area contributed by atoms with E-state index in [1.54, 1.807) is 7.11 Å². The van der Waals surface area contributed by atoms with Gasteiger partial charge in [-0.3, -0.25) is 4.99 Å². The van der Waals surface area contributed by atoms with E-state index in [1.807, 2.05) is 6.08 Å². The molecule has 0 spiro atoms. The zero-order chi connectivity index (χ0) is 12.5. The summed E-state index contributed by atoms with van der Waals surface area (Å²) in [4.78, 5) is 4.54. The molecular weight excluding hydrogens is 230 g/mol. The Hall–Kier alpha value is -1.53. The number of fused-ring (bicyclic) bond motifs is 1.